The van der Waals surface area contributed by atoms with Gasteiger partial charge in [-0.3, -0.25) is 14.5 Å². The highest BCUT2D eigenvalue weighted by molar-refractivity contribution is 6.21. The summed E-state index contributed by atoms with van der Waals surface area (Å²) in [6, 6.07) is 2.65. The maximum atomic E-state index is 13.6. The van der Waals surface area contributed by atoms with Crippen LogP contribution in [0.5, 0.6) is 0 Å². The number of hydrogen-bond acceptors (Lipinski definition) is 2. The van der Waals surface area contributed by atoms with E-state index in [0.717, 1.165) is 11.0 Å². The second-order valence-corrected chi connectivity index (χ2v) is 4.24. The molecule has 1 heterocycles. The summed E-state index contributed by atoms with van der Waals surface area (Å²) in [7, 11) is 1.40. The third-order valence-corrected chi connectivity index (χ3v) is 2.83. The van der Waals surface area contributed by atoms with Gasteiger partial charge in [-0.15, -0.1) is 0 Å². The molecule has 0 aromatic heterocycles. The zero-order valence-electron chi connectivity index (χ0n) is 9.37. The molecule has 0 saturated carbocycles. The van der Waals surface area contributed by atoms with Crippen LogP contribution in [-0.4, -0.2) is 23.8 Å². The van der Waals surface area contributed by atoms with E-state index in [1.165, 1.54) is 13.1 Å². The first kappa shape index (κ1) is 10.8. The van der Waals surface area contributed by atoms with Crippen molar-refractivity contribution >= 4 is 11.8 Å². The van der Waals surface area contributed by atoms with Gasteiger partial charge in [0.15, 0.2) is 0 Å². The lowest BCUT2D eigenvalue weighted by Gasteiger charge is -2.07. The molecular formula is C12H12FNO2. The van der Waals surface area contributed by atoms with Crippen molar-refractivity contribution in [1.29, 1.82) is 0 Å². The van der Waals surface area contributed by atoms with Crippen LogP contribution in [-0.2, 0) is 0 Å². The number of imide groups is 1. The van der Waals surface area contributed by atoms with Crippen molar-refractivity contribution in [3.63, 3.8) is 0 Å². The number of hydrogen-bond donors (Lipinski definition) is 0. The molecular weight excluding hydrogens is 209 g/mol. The van der Waals surface area contributed by atoms with Gasteiger partial charge in [0, 0.05) is 7.05 Å². The Morgan fingerprint density at radius 1 is 1.12 bits per heavy atom. The van der Waals surface area contributed by atoms with E-state index in [2.05, 4.69) is 0 Å². The highest BCUT2D eigenvalue weighted by atomic mass is 19.1. The van der Waals surface area contributed by atoms with Crippen LogP contribution in [0.2, 0.25) is 0 Å². The first-order valence-electron chi connectivity index (χ1n) is 5.09. The number of rotatable bonds is 1. The van der Waals surface area contributed by atoms with Crippen LogP contribution < -0.4 is 0 Å². The molecule has 2 amide bonds. The third-order valence-electron chi connectivity index (χ3n) is 2.83. The topological polar surface area (TPSA) is 37.4 Å². The summed E-state index contributed by atoms with van der Waals surface area (Å²) in [6.45, 7) is 3.69. The number of halogens is 1. The second kappa shape index (κ2) is 3.40. The van der Waals surface area contributed by atoms with E-state index in [9.17, 15) is 14.0 Å². The molecule has 1 aliphatic rings. The first-order valence-corrected chi connectivity index (χ1v) is 5.09. The number of amides is 2. The van der Waals surface area contributed by atoms with Crippen LogP contribution in [0.25, 0.3) is 0 Å². The van der Waals surface area contributed by atoms with Crippen molar-refractivity contribution in [2.45, 2.75) is 19.8 Å². The number of fused-ring (bicyclic) bond motifs is 1. The van der Waals surface area contributed by atoms with Gasteiger partial charge in [0.25, 0.3) is 11.8 Å². The molecule has 0 bridgehead atoms. The van der Waals surface area contributed by atoms with Crippen LogP contribution in [0.1, 0.15) is 46.0 Å². The van der Waals surface area contributed by atoms with Crippen molar-refractivity contribution in [2.75, 3.05) is 7.05 Å². The van der Waals surface area contributed by atoms with Gasteiger partial charge in [0.1, 0.15) is 5.82 Å². The van der Waals surface area contributed by atoms with Gasteiger partial charge in [0.05, 0.1) is 11.1 Å². The van der Waals surface area contributed by atoms with Gasteiger partial charge >= 0.3 is 0 Å². The quantitative estimate of drug-likeness (QED) is 0.681. The molecule has 3 nitrogen and oxygen atoms in total. The Bertz CT molecular complexity index is 494. The summed E-state index contributed by atoms with van der Waals surface area (Å²) < 4.78 is 13.6. The van der Waals surface area contributed by atoms with Crippen molar-refractivity contribution in [2.24, 2.45) is 0 Å². The van der Waals surface area contributed by atoms with E-state index in [-0.39, 0.29) is 17.4 Å². The van der Waals surface area contributed by atoms with Crippen molar-refractivity contribution < 1.29 is 14.0 Å². The Morgan fingerprint density at radius 2 is 1.62 bits per heavy atom. The van der Waals surface area contributed by atoms with Crippen molar-refractivity contribution in [1.82, 2.24) is 4.90 Å². The molecule has 84 valence electrons. The molecule has 16 heavy (non-hydrogen) atoms. The summed E-state index contributed by atoms with van der Waals surface area (Å²) in [5.41, 5.74) is 0.933. The molecule has 0 spiro atoms. The van der Waals surface area contributed by atoms with Crippen LogP contribution in [0.15, 0.2) is 12.1 Å². The van der Waals surface area contributed by atoms with Crippen LogP contribution >= 0.6 is 0 Å². The first-order chi connectivity index (χ1) is 7.43. The van der Waals surface area contributed by atoms with Crippen molar-refractivity contribution in [3.05, 3.63) is 34.6 Å². The molecule has 0 fully saturated rings. The van der Waals surface area contributed by atoms with Crippen LogP contribution in [0, 0.1) is 5.82 Å². The average Bonchev–Trinajstić information content (AvgIpc) is 2.43. The molecule has 0 atom stereocenters. The number of benzene rings is 1. The summed E-state index contributed by atoms with van der Waals surface area (Å²) in [4.78, 5) is 24.3. The molecule has 0 saturated heterocycles. The molecule has 1 aliphatic heterocycles. The van der Waals surface area contributed by atoms with Crippen molar-refractivity contribution in [3.8, 4) is 0 Å². The highest BCUT2D eigenvalue weighted by Gasteiger charge is 2.34. The van der Waals surface area contributed by atoms with E-state index in [1.54, 1.807) is 0 Å². The average molecular weight is 221 g/mol. The van der Waals surface area contributed by atoms with Crippen LogP contribution in [0.4, 0.5) is 4.39 Å². The Kier molecular flexibility index (Phi) is 2.30. The zero-order valence-corrected chi connectivity index (χ0v) is 9.37. The molecule has 1 aromatic carbocycles. The predicted molar refractivity (Wildman–Crippen MR) is 56.9 cm³/mol. The fraction of sp³-hybridized carbons (Fsp3) is 0.333. The summed E-state index contributed by atoms with van der Waals surface area (Å²) in [5.74, 6) is -1.24. The molecule has 2 rings (SSSR count). The summed E-state index contributed by atoms with van der Waals surface area (Å²) in [5, 5.41) is 0. The molecule has 0 radical (unpaired) electrons. The highest BCUT2D eigenvalue weighted by Crippen LogP contribution is 2.28. The van der Waals surface area contributed by atoms with Gasteiger partial charge < -0.3 is 0 Å². The van der Waals surface area contributed by atoms with Gasteiger partial charge in [-0.25, -0.2) is 4.39 Å². The second-order valence-electron chi connectivity index (χ2n) is 4.24. The third kappa shape index (κ3) is 1.33. The molecule has 1 aromatic rings. The lowest BCUT2D eigenvalue weighted by atomic mass is 9.97. The van der Waals surface area contributed by atoms with E-state index >= 15 is 0 Å². The monoisotopic (exact) mass is 221 g/mol. The maximum absolute atomic E-state index is 13.6. The van der Waals surface area contributed by atoms with Gasteiger partial charge in [0.2, 0.25) is 0 Å². The van der Waals surface area contributed by atoms with E-state index < -0.39 is 11.7 Å². The van der Waals surface area contributed by atoms with Gasteiger partial charge in [-0.1, -0.05) is 13.8 Å². The lowest BCUT2D eigenvalue weighted by molar-refractivity contribution is 0.0693. The predicted octanol–water partition coefficient (Wildman–Crippen LogP) is 2.17. The Hall–Kier alpha value is -1.71. The van der Waals surface area contributed by atoms with Gasteiger partial charge in [-0.2, -0.15) is 0 Å². The minimum atomic E-state index is -0.436. The molecule has 0 aliphatic carbocycles. The zero-order chi connectivity index (χ0) is 12.0. The number of nitrogens with zero attached hydrogens (tertiary/aromatic N) is 1. The Labute approximate surface area is 92.9 Å². The SMILES string of the molecule is CC(C)c1cc2c(cc1F)C(=O)N(C)C2=O. The molecule has 0 unspecified atom stereocenters. The summed E-state index contributed by atoms with van der Waals surface area (Å²) in [6.07, 6.45) is 0. The fourth-order valence-electron chi connectivity index (χ4n) is 1.84. The minimum Gasteiger partial charge on any atom is -0.277 e. The van der Waals surface area contributed by atoms with Crippen LogP contribution in [0.3, 0.4) is 0 Å². The number of carbonyl (C=O) groups is 2. The maximum Gasteiger partial charge on any atom is 0.261 e. The largest absolute Gasteiger partial charge is 0.277 e. The van der Waals surface area contributed by atoms with E-state index in [0.29, 0.717) is 11.1 Å². The van der Waals surface area contributed by atoms with E-state index in [4.69, 9.17) is 0 Å². The normalized spacial score (nSPS) is 14.9. The lowest BCUT2D eigenvalue weighted by Crippen LogP contribution is -2.24. The smallest absolute Gasteiger partial charge is 0.261 e. The Morgan fingerprint density at radius 3 is 2.12 bits per heavy atom. The van der Waals surface area contributed by atoms with Gasteiger partial charge in [-0.05, 0) is 23.6 Å². The standard InChI is InChI=1S/C12H12FNO2/c1-6(2)7-4-8-9(5-10(7)13)12(16)14(3)11(8)15/h4-6H,1-3H3. The van der Waals surface area contributed by atoms with E-state index in [1.807, 2.05) is 13.8 Å². The molecule has 4 heteroatoms. The fourth-order valence-corrected chi connectivity index (χ4v) is 1.84. The Balaban J connectivity index is 2.65. The number of carbonyl (C=O) groups excluding carboxylic acids is 2. The molecule has 0 N–H and O–H groups in total. The minimum absolute atomic E-state index is 0.0147. The summed E-state index contributed by atoms with van der Waals surface area (Å²) >= 11 is 0.